The molecular weight excluding hydrogens is 460 g/mol. The van der Waals surface area contributed by atoms with E-state index in [0.29, 0.717) is 37.3 Å². The van der Waals surface area contributed by atoms with Crippen LogP contribution in [0.4, 0.5) is 38.0 Å². The summed E-state index contributed by atoms with van der Waals surface area (Å²) in [6.07, 6.45) is -6.25. The molecule has 2 atom stereocenters. The molecular formula is C20H22ClF6N5. The van der Waals surface area contributed by atoms with Crippen LogP contribution in [-0.4, -0.2) is 33.5 Å². The molecule has 0 saturated carbocycles. The van der Waals surface area contributed by atoms with Crippen molar-refractivity contribution in [3.05, 3.63) is 46.8 Å². The Morgan fingerprint density at radius 1 is 1.03 bits per heavy atom. The predicted molar refractivity (Wildman–Crippen MR) is 109 cm³/mol. The number of nitrogens with zero attached hydrogens (tertiary/aromatic N) is 3. The first-order chi connectivity index (χ1) is 14.5. The minimum atomic E-state index is -4.91. The van der Waals surface area contributed by atoms with Gasteiger partial charge in [-0.3, -0.25) is 4.90 Å². The van der Waals surface area contributed by atoms with E-state index in [4.69, 9.17) is 0 Å². The maximum absolute atomic E-state index is 13.1. The average Bonchev–Trinajstić information content (AvgIpc) is 3.10. The van der Waals surface area contributed by atoms with E-state index in [2.05, 4.69) is 32.4 Å². The maximum Gasteiger partial charge on any atom is 0.416 e. The summed E-state index contributed by atoms with van der Waals surface area (Å²) in [5.41, 5.74) is -1.51. The molecule has 176 valence electrons. The molecule has 2 aliphatic rings. The van der Waals surface area contributed by atoms with Crippen LogP contribution in [0.15, 0.2) is 24.4 Å². The Hall–Kier alpha value is -2.11. The highest BCUT2D eigenvalue weighted by atomic mass is 35.5. The molecule has 1 aromatic carbocycles. The van der Waals surface area contributed by atoms with Crippen molar-refractivity contribution < 1.29 is 26.3 Å². The SMILES string of the molecule is C[C@@H]1C[C@@H](N2Cc3cnc(Nc4cc(C(F)(F)F)cc(C(F)(F)F)c4)nc3C2)CCN1.Cl. The molecule has 2 aliphatic heterocycles. The molecule has 0 unspecified atom stereocenters. The minimum absolute atomic E-state index is 0. The van der Waals surface area contributed by atoms with Crippen LogP contribution < -0.4 is 10.6 Å². The molecule has 1 saturated heterocycles. The minimum Gasteiger partial charge on any atom is -0.324 e. The van der Waals surface area contributed by atoms with E-state index in [-0.39, 0.29) is 30.1 Å². The first-order valence-corrected chi connectivity index (χ1v) is 9.88. The molecule has 0 spiro atoms. The van der Waals surface area contributed by atoms with Gasteiger partial charge in [0.05, 0.1) is 16.8 Å². The lowest BCUT2D eigenvalue weighted by atomic mass is 9.99. The van der Waals surface area contributed by atoms with Crippen LogP contribution in [0.5, 0.6) is 0 Å². The largest absolute Gasteiger partial charge is 0.416 e. The zero-order valence-electron chi connectivity index (χ0n) is 17.0. The molecule has 0 amide bonds. The molecule has 1 aromatic heterocycles. The maximum atomic E-state index is 13.1. The lowest BCUT2D eigenvalue weighted by molar-refractivity contribution is -0.143. The topological polar surface area (TPSA) is 53.1 Å². The van der Waals surface area contributed by atoms with Crippen molar-refractivity contribution in [1.82, 2.24) is 20.2 Å². The first-order valence-electron chi connectivity index (χ1n) is 9.88. The molecule has 1 fully saturated rings. The van der Waals surface area contributed by atoms with Crippen molar-refractivity contribution in [2.45, 2.75) is 57.3 Å². The van der Waals surface area contributed by atoms with Gasteiger partial charge in [-0.2, -0.15) is 26.3 Å². The second-order valence-corrected chi connectivity index (χ2v) is 8.02. The highest BCUT2D eigenvalue weighted by Crippen LogP contribution is 2.38. The number of anilines is 2. The van der Waals surface area contributed by atoms with Crippen molar-refractivity contribution >= 4 is 24.0 Å². The molecule has 2 aromatic rings. The summed E-state index contributed by atoms with van der Waals surface area (Å²) in [4.78, 5) is 10.7. The summed E-state index contributed by atoms with van der Waals surface area (Å²) >= 11 is 0. The molecule has 32 heavy (non-hydrogen) atoms. The van der Waals surface area contributed by atoms with Crippen LogP contribution in [0.3, 0.4) is 0 Å². The summed E-state index contributed by atoms with van der Waals surface area (Å²) < 4.78 is 78.4. The normalized spacial score (nSPS) is 21.7. The van der Waals surface area contributed by atoms with Crippen LogP contribution in [0.1, 0.15) is 42.1 Å². The van der Waals surface area contributed by atoms with Gasteiger partial charge < -0.3 is 10.6 Å². The van der Waals surface area contributed by atoms with Crippen molar-refractivity contribution in [3.8, 4) is 0 Å². The smallest absolute Gasteiger partial charge is 0.324 e. The second kappa shape index (κ2) is 9.03. The standard InChI is InChI=1S/C20H21F6N5.ClH/c1-11-4-16(2-3-27-11)31-9-12-8-28-18(30-17(12)10-31)29-15-6-13(19(21,22)23)5-14(7-15)20(24,25)26;/h5-8,11,16,27H,2-4,9-10H2,1H3,(H,28,29,30);1H/t11-,16+;/m1./s1. The van der Waals surface area contributed by atoms with Gasteiger partial charge in [0.25, 0.3) is 0 Å². The Balaban J connectivity index is 0.00000289. The quantitative estimate of drug-likeness (QED) is 0.595. The average molecular weight is 482 g/mol. The molecule has 0 aliphatic carbocycles. The number of nitrogens with one attached hydrogen (secondary N) is 2. The highest BCUT2D eigenvalue weighted by Gasteiger charge is 2.37. The number of hydrogen-bond donors (Lipinski definition) is 2. The van der Waals surface area contributed by atoms with Gasteiger partial charge >= 0.3 is 12.4 Å². The Morgan fingerprint density at radius 3 is 2.28 bits per heavy atom. The van der Waals surface area contributed by atoms with E-state index in [9.17, 15) is 26.3 Å². The Kier molecular flexibility index (Phi) is 6.92. The number of aromatic nitrogens is 2. The zero-order valence-corrected chi connectivity index (χ0v) is 17.8. The van der Waals surface area contributed by atoms with Crippen molar-refractivity contribution in [3.63, 3.8) is 0 Å². The predicted octanol–water partition coefficient (Wildman–Crippen LogP) is 5.14. The fraction of sp³-hybridized carbons (Fsp3) is 0.500. The summed E-state index contributed by atoms with van der Waals surface area (Å²) in [6.45, 7) is 4.30. The van der Waals surface area contributed by atoms with Gasteiger partial charge in [0, 0.05) is 42.6 Å². The Bertz CT molecular complexity index is 932. The van der Waals surface area contributed by atoms with Crippen LogP contribution in [-0.2, 0) is 25.4 Å². The van der Waals surface area contributed by atoms with Crippen LogP contribution in [0.25, 0.3) is 0 Å². The number of rotatable bonds is 3. The lowest BCUT2D eigenvalue weighted by Gasteiger charge is -2.34. The number of fused-ring (bicyclic) bond motifs is 1. The summed E-state index contributed by atoms with van der Waals surface area (Å²) in [5, 5.41) is 5.91. The van der Waals surface area contributed by atoms with Gasteiger partial charge in [0.15, 0.2) is 0 Å². The summed E-state index contributed by atoms with van der Waals surface area (Å²) in [5.74, 6) is -0.0354. The van der Waals surface area contributed by atoms with E-state index in [1.165, 1.54) is 0 Å². The molecule has 2 N–H and O–H groups in total. The monoisotopic (exact) mass is 481 g/mol. The van der Waals surface area contributed by atoms with E-state index >= 15 is 0 Å². The van der Waals surface area contributed by atoms with E-state index in [1.54, 1.807) is 6.20 Å². The third-order valence-electron chi connectivity index (χ3n) is 5.64. The van der Waals surface area contributed by atoms with Gasteiger partial charge in [0.1, 0.15) is 0 Å². The molecule has 0 radical (unpaired) electrons. The van der Waals surface area contributed by atoms with Crippen molar-refractivity contribution in [1.29, 1.82) is 0 Å². The van der Waals surface area contributed by atoms with Gasteiger partial charge in [-0.05, 0) is 44.5 Å². The third kappa shape index (κ3) is 5.44. The molecule has 5 nitrogen and oxygen atoms in total. The van der Waals surface area contributed by atoms with Crippen LogP contribution >= 0.6 is 12.4 Å². The Morgan fingerprint density at radius 2 is 1.69 bits per heavy atom. The molecule has 12 heteroatoms. The lowest BCUT2D eigenvalue weighted by Crippen LogP contribution is -2.45. The second-order valence-electron chi connectivity index (χ2n) is 8.02. The number of piperidine rings is 1. The van der Waals surface area contributed by atoms with E-state index in [1.807, 2.05) is 0 Å². The summed E-state index contributed by atoms with van der Waals surface area (Å²) in [7, 11) is 0. The van der Waals surface area contributed by atoms with Crippen molar-refractivity contribution in [2.75, 3.05) is 11.9 Å². The fourth-order valence-electron chi connectivity index (χ4n) is 4.09. The highest BCUT2D eigenvalue weighted by molar-refractivity contribution is 5.85. The van der Waals surface area contributed by atoms with Gasteiger partial charge in [0.2, 0.25) is 5.95 Å². The molecule has 3 heterocycles. The Labute approximate surface area is 187 Å². The third-order valence-corrected chi connectivity index (χ3v) is 5.64. The number of alkyl halides is 6. The number of halogens is 7. The van der Waals surface area contributed by atoms with E-state index < -0.39 is 23.5 Å². The van der Waals surface area contributed by atoms with Crippen LogP contribution in [0, 0.1) is 0 Å². The number of benzene rings is 1. The van der Waals surface area contributed by atoms with Gasteiger partial charge in [-0.15, -0.1) is 12.4 Å². The number of hydrogen-bond acceptors (Lipinski definition) is 5. The van der Waals surface area contributed by atoms with E-state index in [0.717, 1.165) is 30.6 Å². The summed E-state index contributed by atoms with van der Waals surface area (Å²) in [6, 6.07) is 2.13. The van der Waals surface area contributed by atoms with Crippen molar-refractivity contribution in [2.24, 2.45) is 0 Å². The molecule has 0 bridgehead atoms. The molecule has 4 rings (SSSR count). The fourth-order valence-corrected chi connectivity index (χ4v) is 4.09. The zero-order chi connectivity index (χ0) is 22.4. The van der Waals surface area contributed by atoms with Gasteiger partial charge in [-0.1, -0.05) is 0 Å². The van der Waals surface area contributed by atoms with Crippen LogP contribution in [0.2, 0.25) is 0 Å². The van der Waals surface area contributed by atoms with Gasteiger partial charge in [-0.25, -0.2) is 9.97 Å². The first kappa shape index (κ1) is 24.5.